The van der Waals surface area contributed by atoms with Crippen LogP contribution in [0.3, 0.4) is 0 Å². The summed E-state index contributed by atoms with van der Waals surface area (Å²) < 4.78 is 10.7. The van der Waals surface area contributed by atoms with Crippen molar-refractivity contribution < 1.29 is 14.3 Å². The number of amides is 1. The summed E-state index contributed by atoms with van der Waals surface area (Å²) in [4.78, 5) is 16.0. The molecule has 0 saturated carbocycles. The van der Waals surface area contributed by atoms with Crippen LogP contribution in [0, 0.1) is 0 Å². The molecule has 0 N–H and O–H groups in total. The van der Waals surface area contributed by atoms with Gasteiger partial charge >= 0.3 is 0 Å². The van der Waals surface area contributed by atoms with Gasteiger partial charge in [0, 0.05) is 17.8 Å². The van der Waals surface area contributed by atoms with Gasteiger partial charge in [0.1, 0.15) is 0 Å². The molecule has 1 amide bonds. The van der Waals surface area contributed by atoms with Gasteiger partial charge in [0.05, 0.1) is 6.04 Å². The average Bonchev–Trinajstić information content (AvgIpc) is 3.32. The van der Waals surface area contributed by atoms with Crippen molar-refractivity contribution in [1.82, 2.24) is 4.90 Å². The van der Waals surface area contributed by atoms with Gasteiger partial charge in [0.15, 0.2) is 11.5 Å². The molecular weight excluding hydrogens is 310 g/mol. The number of rotatable bonds is 4. The van der Waals surface area contributed by atoms with Gasteiger partial charge in [-0.3, -0.25) is 4.79 Å². The molecule has 2 aromatic rings. The number of thiophene rings is 1. The number of aryl methyl sites for hydroxylation is 1. The molecule has 4 rings (SSSR count). The number of benzene rings is 1. The van der Waals surface area contributed by atoms with Gasteiger partial charge in [-0.05, 0) is 48.4 Å². The standard InChI is InChI=1S/C18H19NO3S/c20-18(19-9-1-3-14(19)17-4-2-10-23-17)8-6-13-5-7-15-16(11-13)22-12-21-15/h2,4-5,7,10-11,14H,1,3,6,8-9,12H2/t14-/m0/s1. The van der Waals surface area contributed by atoms with Crippen LogP contribution in [0.4, 0.5) is 0 Å². The number of carbonyl (C=O) groups excluding carboxylic acids is 1. The van der Waals surface area contributed by atoms with Crippen molar-refractivity contribution in [2.24, 2.45) is 0 Å². The quantitative estimate of drug-likeness (QED) is 0.857. The summed E-state index contributed by atoms with van der Waals surface area (Å²) in [7, 11) is 0. The summed E-state index contributed by atoms with van der Waals surface area (Å²) in [6.07, 6.45) is 3.46. The Bertz CT molecular complexity index is 698. The first-order chi connectivity index (χ1) is 11.3. The predicted molar refractivity (Wildman–Crippen MR) is 88.9 cm³/mol. The second-order valence-corrected chi connectivity index (χ2v) is 6.93. The molecule has 1 aromatic heterocycles. The normalized spacial score (nSPS) is 19.3. The number of carbonyl (C=O) groups is 1. The first-order valence-electron chi connectivity index (χ1n) is 8.02. The highest BCUT2D eigenvalue weighted by atomic mass is 32.1. The molecule has 0 bridgehead atoms. The minimum absolute atomic E-state index is 0.249. The van der Waals surface area contributed by atoms with Gasteiger partial charge in [-0.2, -0.15) is 0 Å². The number of ether oxygens (including phenoxy) is 2. The van der Waals surface area contributed by atoms with E-state index in [1.807, 2.05) is 18.2 Å². The Labute approximate surface area is 139 Å². The summed E-state index contributed by atoms with van der Waals surface area (Å²) in [6.45, 7) is 1.16. The van der Waals surface area contributed by atoms with E-state index in [1.165, 1.54) is 4.88 Å². The van der Waals surface area contributed by atoms with Gasteiger partial charge < -0.3 is 14.4 Å². The van der Waals surface area contributed by atoms with E-state index >= 15 is 0 Å². The minimum atomic E-state index is 0.249. The van der Waals surface area contributed by atoms with E-state index in [9.17, 15) is 4.79 Å². The highest BCUT2D eigenvalue weighted by Crippen LogP contribution is 2.35. The van der Waals surface area contributed by atoms with Crippen molar-refractivity contribution in [3.8, 4) is 11.5 Å². The fourth-order valence-electron chi connectivity index (χ4n) is 3.33. The van der Waals surface area contributed by atoms with Gasteiger partial charge in [-0.25, -0.2) is 0 Å². The summed E-state index contributed by atoms with van der Waals surface area (Å²) in [5.74, 6) is 1.82. The van der Waals surface area contributed by atoms with Crippen LogP contribution < -0.4 is 9.47 Å². The van der Waals surface area contributed by atoms with Gasteiger partial charge in [-0.1, -0.05) is 12.1 Å². The van der Waals surface area contributed by atoms with Gasteiger partial charge in [0.2, 0.25) is 12.7 Å². The molecule has 0 radical (unpaired) electrons. The van der Waals surface area contributed by atoms with Crippen LogP contribution in [0.2, 0.25) is 0 Å². The highest BCUT2D eigenvalue weighted by Gasteiger charge is 2.30. The lowest BCUT2D eigenvalue weighted by atomic mass is 10.1. The van der Waals surface area contributed by atoms with Crippen LogP contribution in [0.15, 0.2) is 35.7 Å². The predicted octanol–water partition coefficient (Wildman–Crippen LogP) is 3.77. The summed E-state index contributed by atoms with van der Waals surface area (Å²) in [6, 6.07) is 10.4. The molecule has 5 heteroatoms. The largest absolute Gasteiger partial charge is 0.454 e. The zero-order valence-electron chi connectivity index (χ0n) is 12.9. The zero-order valence-corrected chi connectivity index (χ0v) is 13.7. The molecule has 1 atom stereocenters. The van der Waals surface area contributed by atoms with E-state index in [0.717, 1.165) is 42.9 Å². The first-order valence-corrected chi connectivity index (χ1v) is 8.90. The number of hydrogen-bond donors (Lipinski definition) is 0. The van der Waals surface area contributed by atoms with Crippen LogP contribution in [0.5, 0.6) is 11.5 Å². The molecule has 2 aliphatic heterocycles. The molecule has 0 aliphatic carbocycles. The molecule has 120 valence electrons. The van der Waals surface area contributed by atoms with E-state index in [1.54, 1.807) is 11.3 Å². The summed E-state index contributed by atoms with van der Waals surface area (Å²) in [5, 5.41) is 2.09. The van der Waals surface area contributed by atoms with Crippen LogP contribution in [0.25, 0.3) is 0 Å². The lowest BCUT2D eigenvalue weighted by Gasteiger charge is -2.24. The third-order valence-electron chi connectivity index (χ3n) is 4.51. The molecule has 3 heterocycles. The summed E-state index contributed by atoms with van der Waals surface area (Å²) in [5.41, 5.74) is 1.12. The van der Waals surface area contributed by atoms with Crippen molar-refractivity contribution in [1.29, 1.82) is 0 Å². The van der Waals surface area contributed by atoms with E-state index in [2.05, 4.69) is 22.4 Å². The van der Waals surface area contributed by atoms with Crippen molar-refractivity contribution in [2.45, 2.75) is 31.7 Å². The Balaban J connectivity index is 1.40. The maximum atomic E-state index is 12.6. The number of hydrogen-bond acceptors (Lipinski definition) is 4. The molecule has 1 fully saturated rings. The lowest BCUT2D eigenvalue weighted by molar-refractivity contribution is -0.132. The third kappa shape index (κ3) is 2.93. The Kier molecular flexibility index (Phi) is 3.95. The first kappa shape index (κ1) is 14.6. The number of nitrogens with zero attached hydrogens (tertiary/aromatic N) is 1. The van der Waals surface area contributed by atoms with Crippen molar-refractivity contribution in [3.63, 3.8) is 0 Å². The minimum Gasteiger partial charge on any atom is -0.454 e. The van der Waals surface area contributed by atoms with E-state index in [-0.39, 0.29) is 18.7 Å². The van der Waals surface area contributed by atoms with Crippen LogP contribution in [0.1, 0.15) is 35.7 Å². The second kappa shape index (κ2) is 6.24. The van der Waals surface area contributed by atoms with Gasteiger partial charge in [-0.15, -0.1) is 11.3 Å². The van der Waals surface area contributed by atoms with Gasteiger partial charge in [0.25, 0.3) is 0 Å². The smallest absolute Gasteiger partial charge is 0.231 e. The van der Waals surface area contributed by atoms with Crippen LogP contribution >= 0.6 is 11.3 Å². The molecule has 23 heavy (non-hydrogen) atoms. The Hall–Kier alpha value is -2.01. The SMILES string of the molecule is O=C(CCc1ccc2c(c1)OCO2)N1CCC[C@H]1c1cccs1. The van der Waals surface area contributed by atoms with Crippen LogP contribution in [-0.2, 0) is 11.2 Å². The van der Waals surface area contributed by atoms with Crippen molar-refractivity contribution in [2.75, 3.05) is 13.3 Å². The zero-order chi connectivity index (χ0) is 15.6. The molecular formula is C18H19NO3S. The molecule has 0 unspecified atom stereocenters. The van der Waals surface area contributed by atoms with E-state index in [4.69, 9.17) is 9.47 Å². The highest BCUT2D eigenvalue weighted by molar-refractivity contribution is 7.10. The Morgan fingerprint density at radius 3 is 3.04 bits per heavy atom. The summed E-state index contributed by atoms with van der Waals surface area (Å²) >= 11 is 1.74. The Morgan fingerprint density at radius 2 is 2.17 bits per heavy atom. The van der Waals surface area contributed by atoms with E-state index in [0.29, 0.717) is 6.42 Å². The molecule has 0 spiro atoms. The molecule has 2 aliphatic rings. The maximum absolute atomic E-state index is 12.6. The fraction of sp³-hybridized carbons (Fsp3) is 0.389. The Morgan fingerprint density at radius 1 is 1.26 bits per heavy atom. The van der Waals surface area contributed by atoms with Crippen LogP contribution in [-0.4, -0.2) is 24.1 Å². The molecule has 1 aromatic carbocycles. The van der Waals surface area contributed by atoms with Crippen molar-refractivity contribution in [3.05, 3.63) is 46.2 Å². The van der Waals surface area contributed by atoms with E-state index < -0.39 is 0 Å². The fourth-order valence-corrected chi connectivity index (χ4v) is 4.21. The van der Waals surface area contributed by atoms with Crippen molar-refractivity contribution >= 4 is 17.2 Å². The topological polar surface area (TPSA) is 38.8 Å². The molecule has 4 nitrogen and oxygen atoms in total. The number of likely N-dealkylation sites (tertiary alicyclic amines) is 1. The maximum Gasteiger partial charge on any atom is 0.231 e. The molecule has 1 saturated heterocycles. The third-order valence-corrected chi connectivity index (χ3v) is 5.48. The lowest BCUT2D eigenvalue weighted by Crippen LogP contribution is -2.30. The average molecular weight is 329 g/mol. The second-order valence-electron chi connectivity index (χ2n) is 5.95. The monoisotopic (exact) mass is 329 g/mol. The number of fused-ring (bicyclic) bond motifs is 1.